The Morgan fingerprint density at radius 2 is 2.00 bits per heavy atom. The third-order valence-corrected chi connectivity index (χ3v) is 6.19. The lowest BCUT2D eigenvalue weighted by atomic mass is 9.96. The van der Waals surface area contributed by atoms with Crippen molar-refractivity contribution in [2.24, 2.45) is 11.8 Å². The molecule has 9 heteroatoms. The Bertz CT molecular complexity index is 1190. The summed E-state index contributed by atoms with van der Waals surface area (Å²) in [6.07, 6.45) is 1.93. The highest BCUT2D eigenvalue weighted by Crippen LogP contribution is 2.44. The average molecular weight is 484 g/mol. The molecule has 0 unspecified atom stereocenters. The molecule has 0 aliphatic heterocycles. The van der Waals surface area contributed by atoms with E-state index in [4.69, 9.17) is 21.1 Å². The molecule has 0 saturated heterocycles. The van der Waals surface area contributed by atoms with Gasteiger partial charge in [-0.05, 0) is 44.2 Å². The predicted molar refractivity (Wildman–Crippen MR) is 132 cm³/mol. The highest BCUT2D eigenvalue weighted by molar-refractivity contribution is 6.33. The molecule has 8 nitrogen and oxygen atoms in total. The smallest absolute Gasteiger partial charge is 0.414 e. The molecule has 2 heterocycles. The van der Waals surface area contributed by atoms with E-state index in [0.717, 1.165) is 17.6 Å². The van der Waals surface area contributed by atoms with Crippen LogP contribution in [-0.4, -0.2) is 37.8 Å². The SMILES string of the molecule is C=C1[C@H](COCc2ccccc2)[C@@H](C)C[C@@H]1n1cnc2c(Cl)nc(NC(=O)OC(C)(C)C)nc21. The molecule has 1 aliphatic carbocycles. The topological polar surface area (TPSA) is 91.2 Å². The molecule has 1 N–H and O–H groups in total. The zero-order valence-electron chi connectivity index (χ0n) is 19.9. The van der Waals surface area contributed by atoms with Gasteiger partial charge >= 0.3 is 6.09 Å². The molecule has 1 aliphatic rings. The molecule has 1 fully saturated rings. The Balaban J connectivity index is 1.50. The van der Waals surface area contributed by atoms with Crippen LogP contribution in [0.3, 0.4) is 0 Å². The van der Waals surface area contributed by atoms with Gasteiger partial charge in [0.1, 0.15) is 11.1 Å². The van der Waals surface area contributed by atoms with Crippen molar-refractivity contribution in [1.82, 2.24) is 19.5 Å². The molecule has 3 aromatic rings. The second kappa shape index (κ2) is 9.72. The van der Waals surface area contributed by atoms with Gasteiger partial charge in [0.2, 0.25) is 5.95 Å². The predicted octanol–water partition coefficient (Wildman–Crippen LogP) is 5.80. The van der Waals surface area contributed by atoms with Gasteiger partial charge in [-0.25, -0.2) is 9.78 Å². The average Bonchev–Trinajstić information content (AvgIpc) is 3.29. The number of benzene rings is 1. The lowest BCUT2D eigenvalue weighted by Crippen LogP contribution is -2.27. The summed E-state index contributed by atoms with van der Waals surface area (Å²) in [5, 5.41) is 2.72. The van der Waals surface area contributed by atoms with E-state index in [-0.39, 0.29) is 23.1 Å². The molecular weight excluding hydrogens is 454 g/mol. The van der Waals surface area contributed by atoms with Crippen molar-refractivity contribution in [3.05, 3.63) is 59.5 Å². The summed E-state index contributed by atoms with van der Waals surface area (Å²) >= 11 is 6.36. The number of halogens is 1. The lowest BCUT2D eigenvalue weighted by Gasteiger charge is -2.19. The number of hydrogen-bond acceptors (Lipinski definition) is 6. The number of aromatic nitrogens is 4. The zero-order valence-corrected chi connectivity index (χ0v) is 20.7. The first kappa shape index (κ1) is 24.2. The largest absolute Gasteiger partial charge is 0.444 e. The number of nitrogens with zero attached hydrogens (tertiary/aromatic N) is 4. The fraction of sp³-hybridized carbons (Fsp3) is 0.440. The van der Waals surface area contributed by atoms with Gasteiger partial charge in [0.05, 0.1) is 25.6 Å². The summed E-state index contributed by atoms with van der Waals surface area (Å²) in [5.41, 5.74) is 2.58. The fourth-order valence-electron chi connectivity index (χ4n) is 4.28. The van der Waals surface area contributed by atoms with Crippen molar-refractivity contribution in [2.45, 2.75) is 52.4 Å². The van der Waals surface area contributed by atoms with E-state index < -0.39 is 11.7 Å². The highest BCUT2D eigenvalue weighted by atomic mass is 35.5. The van der Waals surface area contributed by atoms with Gasteiger partial charge in [-0.15, -0.1) is 0 Å². The van der Waals surface area contributed by atoms with Crippen LogP contribution >= 0.6 is 11.6 Å². The number of amides is 1. The van der Waals surface area contributed by atoms with Gasteiger partial charge in [0.15, 0.2) is 10.8 Å². The van der Waals surface area contributed by atoms with E-state index in [0.29, 0.717) is 30.3 Å². The first-order valence-corrected chi connectivity index (χ1v) is 11.7. The minimum absolute atomic E-state index is 0.00864. The van der Waals surface area contributed by atoms with Crippen molar-refractivity contribution in [3.63, 3.8) is 0 Å². The molecule has 4 rings (SSSR count). The number of carbonyl (C=O) groups is 1. The molecule has 1 amide bonds. The Labute approximate surface area is 204 Å². The number of nitrogens with one attached hydrogen (secondary N) is 1. The molecule has 2 aromatic heterocycles. The van der Waals surface area contributed by atoms with Crippen molar-refractivity contribution >= 4 is 34.8 Å². The second-order valence-electron chi connectivity index (χ2n) is 9.70. The van der Waals surface area contributed by atoms with Crippen LogP contribution in [0.2, 0.25) is 5.15 Å². The van der Waals surface area contributed by atoms with Gasteiger partial charge in [-0.2, -0.15) is 9.97 Å². The number of hydrogen-bond donors (Lipinski definition) is 1. The van der Waals surface area contributed by atoms with E-state index in [2.05, 4.69) is 45.9 Å². The van der Waals surface area contributed by atoms with Crippen LogP contribution < -0.4 is 5.32 Å². The highest BCUT2D eigenvalue weighted by Gasteiger charge is 2.37. The van der Waals surface area contributed by atoms with Crippen LogP contribution in [0, 0.1) is 11.8 Å². The summed E-state index contributed by atoms with van der Waals surface area (Å²) in [6.45, 7) is 13.1. The van der Waals surface area contributed by atoms with Crippen LogP contribution in [0.1, 0.15) is 45.7 Å². The normalized spacial score (nSPS) is 20.6. The quantitative estimate of drug-likeness (QED) is 0.352. The number of imidazole rings is 1. The fourth-order valence-corrected chi connectivity index (χ4v) is 4.50. The maximum atomic E-state index is 12.2. The summed E-state index contributed by atoms with van der Waals surface area (Å²) in [7, 11) is 0. The van der Waals surface area contributed by atoms with Crippen LogP contribution in [0.4, 0.5) is 10.7 Å². The maximum Gasteiger partial charge on any atom is 0.414 e. The Morgan fingerprint density at radius 3 is 2.71 bits per heavy atom. The molecule has 0 spiro atoms. The van der Waals surface area contributed by atoms with Crippen molar-refractivity contribution in [1.29, 1.82) is 0 Å². The lowest BCUT2D eigenvalue weighted by molar-refractivity contribution is 0.0634. The van der Waals surface area contributed by atoms with E-state index in [1.165, 1.54) is 0 Å². The van der Waals surface area contributed by atoms with Crippen molar-refractivity contribution in [3.8, 4) is 0 Å². The molecular formula is C25H30ClN5O3. The van der Waals surface area contributed by atoms with Gasteiger partial charge in [-0.1, -0.05) is 55.4 Å². The number of ether oxygens (including phenoxy) is 2. The second-order valence-corrected chi connectivity index (χ2v) is 10.1. The van der Waals surface area contributed by atoms with Crippen LogP contribution in [-0.2, 0) is 16.1 Å². The summed E-state index contributed by atoms with van der Waals surface area (Å²) in [5.74, 6) is 0.651. The monoisotopic (exact) mass is 483 g/mol. The minimum atomic E-state index is -0.650. The van der Waals surface area contributed by atoms with Gasteiger partial charge < -0.3 is 14.0 Å². The minimum Gasteiger partial charge on any atom is -0.444 e. The van der Waals surface area contributed by atoms with E-state index >= 15 is 0 Å². The van der Waals surface area contributed by atoms with Crippen molar-refractivity contribution in [2.75, 3.05) is 11.9 Å². The third kappa shape index (κ3) is 5.39. The Morgan fingerprint density at radius 1 is 1.26 bits per heavy atom. The summed E-state index contributed by atoms with van der Waals surface area (Å²) < 4.78 is 13.3. The van der Waals surface area contributed by atoms with Gasteiger partial charge in [-0.3, -0.25) is 5.32 Å². The van der Waals surface area contributed by atoms with E-state index in [9.17, 15) is 4.79 Å². The first-order valence-electron chi connectivity index (χ1n) is 11.3. The first-order chi connectivity index (χ1) is 16.1. The molecule has 3 atom stereocenters. The van der Waals surface area contributed by atoms with Crippen LogP contribution in [0.5, 0.6) is 0 Å². The summed E-state index contributed by atoms with van der Waals surface area (Å²) in [6, 6.07) is 10.1. The number of fused-ring (bicyclic) bond motifs is 1. The van der Waals surface area contributed by atoms with E-state index in [1.54, 1.807) is 27.1 Å². The Hall–Kier alpha value is -2.97. The van der Waals surface area contributed by atoms with Gasteiger partial charge in [0, 0.05) is 5.92 Å². The molecule has 0 bridgehead atoms. The number of anilines is 1. The molecule has 1 aromatic carbocycles. The molecule has 0 radical (unpaired) electrons. The number of carbonyl (C=O) groups excluding carboxylic acids is 1. The van der Waals surface area contributed by atoms with Crippen LogP contribution in [0.15, 0.2) is 48.8 Å². The molecule has 1 saturated carbocycles. The molecule has 180 valence electrons. The summed E-state index contributed by atoms with van der Waals surface area (Å²) in [4.78, 5) is 25.3. The van der Waals surface area contributed by atoms with Crippen LogP contribution in [0.25, 0.3) is 11.2 Å². The van der Waals surface area contributed by atoms with E-state index in [1.807, 2.05) is 22.8 Å². The zero-order chi connectivity index (χ0) is 24.5. The standard InChI is InChI=1S/C25H30ClN5O3/c1-15-11-19(16(2)18(15)13-33-12-17-9-7-6-8-10-17)31-14-27-20-21(26)28-23(29-22(20)31)30-24(32)34-25(3,4)5/h6-10,14-15,18-19H,2,11-13H2,1,3-5H3,(H,28,29,30,32)/t15-,18+,19-/m0/s1. The Kier molecular flexibility index (Phi) is 6.91. The maximum absolute atomic E-state index is 12.2. The van der Waals surface area contributed by atoms with Crippen molar-refractivity contribution < 1.29 is 14.3 Å². The van der Waals surface area contributed by atoms with Gasteiger partial charge in [0.25, 0.3) is 0 Å². The number of rotatable bonds is 6. The third-order valence-electron chi connectivity index (χ3n) is 5.92. The molecule has 34 heavy (non-hydrogen) atoms.